The normalized spacial score (nSPS) is 23.3. The molecule has 6 heteroatoms. The van der Waals surface area contributed by atoms with Crippen LogP contribution in [0, 0.1) is 0 Å². The summed E-state index contributed by atoms with van der Waals surface area (Å²) in [6.07, 6.45) is 1.92. The molecule has 2 saturated heterocycles. The van der Waals surface area contributed by atoms with Crippen LogP contribution in [0.4, 0.5) is 4.79 Å². The first-order valence-electron chi connectivity index (χ1n) is 7.62. The maximum absolute atomic E-state index is 12.4. The number of carbonyl (C=O) groups excluding carboxylic acids is 1. The topological polar surface area (TPSA) is 76.1 Å². The molecule has 0 aliphatic carbocycles. The van der Waals surface area contributed by atoms with E-state index in [-0.39, 0.29) is 24.8 Å². The van der Waals surface area contributed by atoms with Crippen LogP contribution in [0.15, 0.2) is 42.0 Å². The molecule has 1 aromatic rings. The minimum Gasteiger partial charge on any atom is -0.478 e. The molecule has 2 heterocycles. The van der Waals surface area contributed by atoms with Crippen LogP contribution in [0.3, 0.4) is 0 Å². The number of amides is 1. The van der Waals surface area contributed by atoms with Gasteiger partial charge in [-0.15, -0.1) is 0 Å². The number of rotatable bonds is 3. The van der Waals surface area contributed by atoms with Crippen LogP contribution in [0.25, 0.3) is 0 Å². The molecule has 6 nitrogen and oxygen atoms in total. The lowest BCUT2D eigenvalue weighted by Gasteiger charge is -2.45. The van der Waals surface area contributed by atoms with Crippen molar-refractivity contribution in [1.29, 1.82) is 0 Å². The molecule has 2 unspecified atom stereocenters. The Morgan fingerprint density at radius 3 is 2.48 bits per heavy atom. The van der Waals surface area contributed by atoms with E-state index in [9.17, 15) is 9.59 Å². The van der Waals surface area contributed by atoms with E-state index in [0.717, 1.165) is 11.1 Å². The van der Waals surface area contributed by atoms with Crippen molar-refractivity contribution in [3.8, 4) is 0 Å². The van der Waals surface area contributed by atoms with E-state index in [4.69, 9.17) is 14.6 Å². The number of carboxylic acids is 1. The number of aliphatic carboxylic acids is 1. The van der Waals surface area contributed by atoms with Gasteiger partial charge in [0.15, 0.2) is 0 Å². The Bertz CT molecular complexity index is 597. The highest BCUT2D eigenvalue weighted by Gasteiger charge is 2.40. The fraction of sp³-hybridized carbons (Fsp3) is 0.412. The first-order chi connectivity index (χ1) is 11.1. The standard InChI is InChI=1S/C17H19NO5/c19-16(20)8-13-6-14-10-22-11-15(7-13)18(14)17(21)23-9-12-4-2-1-3-5-12/h1-5,8,14-15H,6-7,9-11H2,(H,19,20). The van der Waals surface area contributed by atoms with Gasteiger partial charge in [-0.05, 0) is 18.4 Å². The van der Waals surface area contributed by atoms with Gasteiger partial charge in [-0.25, -0.2) is 9.59 Å². The van der Waals surface area contributed by atoms with Crippen molar-refractivity contribution in [2.75, 3.05) is 13.2 Å². The van der Waals surface area contributed by atoms with Crippen LogP contribution in [0.1, 0.15) is 18.4 Å². The molecule has 0 spiro atoms. The third-order valence-electron chi connectivity index (χ3n) is 4.15. The number of morpholine rings is 1. The molecule has 2 aliphatic rings. The predicted molar refractivity (Wildman–Crippen MR) is 81.8 cm³/mol. The first kappa shape index (κ1) is 15.6. The van der Waals surface area contributed by atoms with Gasteiger partial charge in [-0.3, -0.25) is 4.90 Å². The number of carboxylic acid groups (broad SMARTS) is 1. The molecule has 122 valence electrons. The second kappa shape index (κ2) is 6.83. The summed E-state index contributed by atoms with van der Waals surface area (Å²) in [5.74, 6) is -0.945. The Kier molecular flexibility index (Phi) is 4.62. The van der Waals surface area contributed by atoms with Crippen molar-refractivity contribution < 1.29 is 24.2 Å². The molecule has 2 fully saturated rings. The van der Waals surface area contributed by atoms with Gasteiger partial charge in [0, 0.05) is 6.08 Å². The molecule has 2 aliphatic heterocycles. The summed E-state index contributed by atoms with van der Waals surface area (Å²) < 4.78 is 10.9. The lowest BCUT2D eigenvalue weighted by Crippen LogP contribution is -2.57. The Labute approximate surface area is 134 Å². The number of hydrogen-bond donors (Lipinski definition) is 1. The number of fused-ring (bicyclic) bond motifs is 2. The molecule has 3 rings (SSSR count). The van der Waals surface area contributed by atoms with Crippen molar-refractivity contribution in [2.24, 2.45) is 0 Å². The lowest BCUT2D eigenvalue weighted by atomic mass is 9.90. The van der Waals surface area contributed by atoms with Gasteiger partial charge in [0.25, 0.3) is 0 Å². The predicted octanol–water partition coefficient (Wildman–Crippen LogP) is 2.20. The maximum Gasteiger partial charge on any atom is 0.410 e. The molecule has 1 aromatic carbocycles. The Morgan fingerprint density at radius 2 is 1.87 bits per heavy atom. The number of carbonyl (C=O) groups is 2. The van der Waals surface area contributed by atoms with Gasteiger partial charge in [-0.1, -0.05) is 35.9 Å². The van der Waals surface area contributed by atoms with E-state index < -0.39 is 5.97 Å². The molecule has 2 atom stereocenters. The fourth-order valence-corrected chi connectivity index (χ4v) is 3.19. The average Bonchev–Trinajstić information content (AvgIpc) is 2.52. The third-order valence-corrected chi connectivity index (χ3v) is 4.15. The van der Waals surface area contributed by atoms with Crippen molar-refractivity contribution in [2.45, 2.75) is 31.5 Å². The van der Waals surface area contributed by atoms with Gasteiger partial charge in [-0.2, -0.15) is 0 Å². The van der Waals surface area contributed by atoms with Gasteiger partial charge in [0.05, 0.1) is 25.3 Å². The molecule has 23 heavy (non-hydrogen) atoms. The zero-order chi connectivity index (χ0) is 16.2. The quantitative estimate of drug-likeness (QED) is 0.865. The number of nitrogens with zero attached hydrogens (tertiary/aromatic N) is 1. The summed E-state index contributed by atoms with van der Waals surface area (Å²) in [6, 6.07) is 9.20. The Hall–Kier alpha value is -2.34. The van der Waals surface area contributed by atoms with Crippen molar-refractivity contribution in [3.63, 3.8) is 0 Å². The summed E-state index contributed by atoms with van der Waals surface area (Å²) >= 11 is 0. The van der Waals surface area contributed by atoms with Gasteiger partial charge in [0.1, 0.15) is 6.61 Å². The molecule has 0 saturated carbocycles. The molecule has 2 bridgehead atoms. The van der Waals surface area contributed by atoms with Gasteiger partial charge < -0.3 is 14.6 Å². The second-order valence-electron chi connectivity index (χ2n) is 5.84. The maximum atomic E-state index is 12.4. The third kappa shape index (κ3) is 3.71. The van der Waals surface area contributed by atoms with Crippen LogP contribution in [-0.2, 0) is 20.9 Å². The van der Waals surface area contributed by atoms with Crippen LogP contribution in [0.2, 0.25) is 0 Å². The van der Waals surface area contributed by atoms with E-state index in [0.29, 0.717) is 26.1 Å². The Morgan fingerprint density at radius 1 is 1.22 bits per heavy atom. The SMILES string of the molecule is O=C(O)C=C1CC2COCC(C1)N2C(=O)OCc1ccccc1. The van der Waals surface area contributed by atoms with Crippen LogP contribution >= 0.6 is 0 Å². The average molecular weight is 317 g/mol. The summed E-state index contributed by atoms with van der Waals surface area (Å²) in [7, 11) is 0. The van der Waals surface area contributed by atoms with Gasteiger partial charge >= 0.3 is 12.1 Å². The van der Waals surface area contributed by atoms with E-state index in [1.54, 1.807) is 4.90 Å². The second-order valence-corrected chi connectivity index (χ2v) is 5.84. The Balaban J connectivity index is 1.65. The zero-order valence-electron chi connectivity index (χ0n) is 12.7. The van der Waals surface area contributed by atoms with E-state index >= 15 is 0 Å². The summed E-state index contributed by atoms with van der Waals surface area (Å²) in [5, 5.41) is 8.90. The van der Waals surface area contributed by atoms with Gasteiger partial charge in [0.2, 0.25) is 0 Å². The highest BCUT2D eigenvalue weighted by molar-refractivity contribution is 5.81. The van der Waals surface area contributed by atoms with Crippen LogP contribution < -0.4 is 0 Å². The molecular formula is C17H19NO5. The molecule has 1 amide bonds. The number of hydrogen-bond acceptors (Lipinski definition) is 4. The molecule has 0 radical (unpaired) electrons. The number of piperidine rings is 1. The minimum atomic E-state index is -0.945. The minimum absolute atomic E-state index is 0.156. The van der Waals surface area contributed by atoms with Crippen molar-refractivity contribution in [1.82, 2.24) is 4.90 Å². The summed E-state index contributed by atoms with van der Waals surface area (Å²) in [5.41, 5.74) is 1.79. The smallest absolute Gasteiger partial charge is 0.410 e. The largest absolute Gasteiger partial charge is 0.478 e. The first-order valence-corrected chi connectivity index (χ1v) is 7.62. The van der Waals surface area contributed by atoms with Crippen LogP contribution in [0.5, 0.6) is 0 Å². The van der Waals surface area contributed by atoms with Crippen molar-refractivity contribution in [3.05, 3.63) is 47.5 Å². The highest BCUT2D eigenvalue weighted by atomic mass is 16.6. The zero-order valence-corrected chi connectivity index (χ0v) is 12.7. The molecule has 0 aromatic heterocycles. The van der Waals surface area contributed by atoms with E-state index in [1.165, 1.54) is 6.08 Å². The lowest BCUT2D eigenvalue weighted by molar-refractivity contribution is -0.131. The molecular weight excluding hydrogens is 298 g/mol. The summed E-state index contributed by atoms with van der Waals surface area (Å²) in [4.78, 5) is 25.0. The highest BCUT2D eigenvalue weighted by Crippen LogP contribution is 2.31. The summed E-state index contributed by atoms with van der Waals surface area (Å²) in [6.45, 7) is 1.05. The van der Waals surface area contributed by atoms with E-state index in [1.807, 2.05) is 30.3 Å². The number of ether oxygens (including phenoxy) is 2. The number of benzene rings is 1. The van der Waals surface area contributed by atoms with E-state index in [2.05, 4.69) is 0 Å². The molecule has 1 N–H and O–H groups in total. The van der Waals surface area contributed by atoms with Crippen molar-refractivity contribution >= 4 is 12.1 Å². The fourth-order valence-electron chi connectivity index (χ4n) is 3.19. The monoisotopic (exact) mass is 317 g/mol. The van der Waals surface area contributed by atoms with Crippen LogP contribution in [-0.4, -0.2) is 47.4 Å².